The first kappa shape index (κ1) is 18.3. The van der Waals surface area contributed by atoms with Crippen LogP contribution in [0.5, 0.6) is 0 Å². The molecule has 0 aromatic carbocycles. The Balaban J connectivity index is 3.00. The zero-order chi connectivity index (χ0) is 15.7. The first-order chi connectivity index (χ1) is 8.97. The number of carbonyl (C=O) groups is 1. The van der Waals surface area contributed by atoms with Gasteiger partial charge in [0.05, 0.1) is 23.8 Å². The van der Waals surface area contributed by atoms with E-state index in [1.807, 2.05) is 34.6 Å². The van der Waals surface area contributed by atoms with E-state index in [9.17, 15) is 9.18 Å². The lowest BCUT2D eigenvalue weighted by Gasteiger charge is -2.46. The second-order valence-electron chi connectivity index (χ2n) is 5.67. The first-order valence-corrected chi connectivity index (χ1v) is 9.69. The van der Waals surface area contributed by atoms with Crippen molar-refractivity contribution in [3.05, 3.63) is 0 Å². The maximum absolute atomic E-state index is 12.8. The molecule has 20 heavy (non-hydrogen) atoms. The van der Waals surface area contributed by atoms with E-state index in [4.69, 9.17) is 20.9 Å². The minimum Gasteiger partial charge on any atom is -0.314 e. The smallest absolute Gasteiger partial charge is 0.314 e. The van der Waals surface area contributed by atoms with Crippen molar-refractivity contribution in [2.24, 2.45) is 0 Å². The Bertz CT molecular complexity index is 422. The number of rotatable bonds is 4. The predicted octanol–water partition coefficient (Wildman–Crippen LogP) is 4.11. The zero-order valence-electron chi connectivity index (χ0n) is 12.6. The molecule has 0 bridgehead atoms. The first-order valence-electron chi connectivity index (χ1n) is 6.37. The van der Waals surface area contributed by atoms with Crippen molar-refractivity contribution in [3.63, 3.8) is 0 Å². The molecule has 0 radical (unpaired) electrons. The van der Waals surface area contributed by atoms with Crippen LogP contribution in [0.4, 0.5) is 9.18 Å². The summed E-state index contributed by atoms with van der Waals surface area (Å²) in [5, 5.41) is 0. The molecule has 0 spiro atoms. The molecule has 0 N–H and O–H groups in total. The Kier molecular flexibility index (Phi) is 6.03. The molecule has 2 atom stereocenters. The molecule has 1 fully saturated rings. The molecule has 0 aromatic rings. The number of amides is 1. The van der Waals surface area contributed by atoms with E-state index in [1.54, 1.807) is 4.08 Å². The molecular formula is C11H22FN2O3PS2. The largest absolute Gasteiger partial charge is 0.410 e. The molecule has 9 heteroatoms. The van der Waals surface area contributed by atoms with Gasteiger partial charge in [-0.15, -0.1) is 4.39 Å². The molecule has 1 rings (SSSR count). The van der Waals surface area contributed by atoms with E-state index < -0.39 is 18.4 Å². The summed E-state index contributed by atoms with van der Waals surface area (Å²) in [5.41, 5.74) is -0.404. The van der Waals surface area contributed by atoms with Gasteiger partial charge in [0, 0.05) is 19.5 Å². The van der Waals surface area contributed by atoms with Gasteiger partial charge in [-0.3, -0.25) is 0 Å². The van der Waals surface area contributed by atoms with Gasteiger partial charge < -0.3 is 9.05 Å². The molecule has 1 heterocycles. The lowest BCUT2D eigenvalue weighted by molar-refractivity contribution is -0.00664. The highest BCUT2D eigenvalue weighted by Gasteiger charge is 2.44. The number of carbonyl (C=O) groups excluding carboxylic acids is 1. The van der Waals surface area contributed by atoms with E-state index in [1.165, 1.54) is 7.05 Å². The average Bonchev–Trinajstić information content (AvgIpc) is 2.20. The highest BCUT2D eigenvalue weighted by Crippen LogP contribution is 2.63. The summed E-state index contributed by atoms with van der Waals surface area (Å²) in [6.07, 6.45) is -0.843. The van der Waals surface area contributed by atoms with E-state index in [-0.39, 0.29) is 12.1 Å². The summed E-state index contributed by atoms with van der Waals surface area (Å²) in [6.45, 7) is 6.88. The Hall–Kier alpha value is 0.280. The summed E-state index contributed by atoms with van der Waals surface area (Å²) < 4.78 is 27.2. The Morgan fingerprint density at radius 3 is 2.50 bits per heavy atom. The fraction of sp³-hybridized carbons (Fsp3) is 0.909. The Morgan fingerprint density at radius 2 is 2.10 bits per heavy atom. The van der Waals surface area contributed by atoms with E-state index in [0.717, 1.165) is 22.9 Å². The topological polar surface area (TPSA) is 42.0 Å². The van der Waals surface area contributed by atoms with Crippen LogP contribution < -0.4 is 0 Å². The Labute approximate surface area is 129 Å². The van der Waals surface area contributed by atoms with Crippen molar-refractivity contribution in [1.29, 1.82) is 0 Å². The van der Waals surface area contributed by atoms with Crippen LogP contribution in [0.15, 0.2) is 0 Å². The molecule has 1 saturated heterocycles. The minimum absolute atomic E-state index is 0.0437. The molecular weight excluding hydrogens is 322 g/mol. The van der Waals surface area contributed by atoms with Gasteiger partial charge >= 0.3 is 6.16 Å². The lowest BCUT2D eigenvalue weighted by Crippen LogP contribution is -2.40. The van der Waals surface area contributed by atoms with Crippen LogP contribution in [0, 0.1) is 0 Å². The molecule has 1 amide bonds. The summed E-state index contributed by atoms with van der Waals surface area (Å²) in [4.78, 5) is 10.8. The van der Waals surface area contributed by atoms with E-state index >= 15 is 0 Å². The van der Waals surface area contributed by atoms with Crippen molar-refractivity contribution in [3.8, 4) is 0 Å². The van der Waals surface area contributed by atoms with Gasteiger partial charge in [-0.1, -0.05) is 0 Å². The summed E-state index contributed by atoms with van der Waals surface area (Å²) in [5.74, 6) is 0. The maximum Gasteiger partial charge on any atom is 0.410 e. The molecule has 1 aliphatic rings. The molecule has 2 unspecified atom stereocenters. The number of halogens is 1. The zero-order valence-corrected chi connectivity index (χ0v) is 15.2. The second-order valence-corrected chi connectivity index (χ2v) is 10.2. The van der Waals surface area contributed by atoms with Crippen molar-refractivity contribution in [2.75, 3.05) is 7.05 Å². The van der Waals surface area contributed by atoms with Crippen LogP contribution in [0.25, 0.3) is 0 Å². The van der Waals surface area contributed by atoms with Gasteiger partial charge in [0.1, 0.15) is 0 Å². The van der Waals surface area contributed by atoms with E-state index in [0.29, 0.717) is 0 Å². The highest BCUT2D eigenvalue weighted by molar-refractivity contribution is 8.15. The van der Waals surface area contributed by atoms with Crippen LogP contribution >= 0.6 is 18.8 Å². The van der Waals surface area contributed by atoms with E-state index in [2.05, 4.69) is 0 Å². The molecule has 0 aliphatic carbocycles. The summed E-state index contributed by atoms with van der Waals surface area (Å²) >= 11 is 6.50. The van der Waals surface area contributed by atoms with Crippen molar-refractivity contribution in [2.45, 2.75) is 58.8 Å². The van der Waals surface area contributed by atoms with Crippen molar-refractivity contribution >= 4 is 36.7 Å². The van der Waals surface area contributed by atoms with Gasteiger partial charge in [-0.25, -0.2) is 9.10 Å². The predicted molar refractivity (Wildman–Crippen MR) is 83.4 cm³/mol. The SMILES string of the molecule is CC1CC(C)(C)OP(=S)(N(SN(C)C(=O)F)C(C)C)O1. The molecule has 0 aromatic heterocycles. The molecule has 5 nitrogen and oxygen atoms in total. The minimum atomic E-state index is -2.78. The van der Waals surface area contributed by atoms with Crippen LogP contribution in [0.1, 0.15) is 41.0 Å². The number of nitrogens with zero attached hydrogens (tertiary/aromatic N) is 2. The quantitative estimate of drug-likeness (QED) is 0.331. The standard InChI is InChI=1S/C11H22FN2O3PS2/c1-8(2)14(20-13(6)10(12)15)18(19)16-9(3)7-11(4,5)17-18/h8-9H,7H2,1-6H3. The van der Waals surface area contributed by atoms with Gasteiger partial charge in [0.15, 0.2) is 0 Å². The number of hydrogen-bond donors (Lipinski definition) is 0. The summed E-state index contributed by atoms with van der Waals surface area (Å²) in [6, 6.07) is -0.0614. The van der Waals surface area contributed by atoms with Crippen LogP contribution in [-0.4, -0.2) is 39.3 Å². The van der Waals surface area contributed by atoms with Gasteiger partial charge in [0.2, 0.25) is 0 Å². The van der Waals surface area contributed by atoms with Gasteiger partial charge in [-0.2, -0.15) is 4.08 Å². The third kappa shape index (κ3) is 4.64. The molecule has 118 valence electrons. The normalized spacial score (nSPS) is 29.8. The van der Waals surface area contributed by atoms with Gasteiger partial charge in [-0.05, 0) is 46.4 Å². The second kappa shape index (κ2) is 6.58. The Morgan fingerprint density at radius 1 is 1.55 bits per heavy atom. The summed E-state index contributed by atoms with van der Waals surface area (Å²) in [7, 11) is 1.35. The van der Waals surface area contributed by atoms with Gasteiger partial charge in [0.25, 0.3) is 6.64 Å². The highest BCUT2D eigenvalue weighted by atomic mass is 32.5. The monoisotopic (exact) mass is 344 g/mol. The molecule has 1 aliphatic heterocycles. The maximum atomic E-state index is 12.8. The van der Waals surface area contributed by atoms with Crippen LogP contribution in [-0.2, 0) is 20.9 Å². The van der Waals surface area contributed by atoms with Crippen molar-refractivity contribution < 1.29 is 18.2 Å². The van der Waals surface area contributed by atoms with Crippen LogP contribution in [0.3, 0.4) is 0 Å². The molecule has 0 saturated carbocycles. The third-order valence-corrected chi connectivity index (χ3v) is 8.05. The fourth-order valence-corrected chi connectivity index (χ4v) is 7.29. The third-order valence-electron chi connectivity index (χ3n) is 2.59. The number of hydrogen-bond acceptors (Lipinski definition) is 5. The average molecular weight is 344 g/mol. The lowest BCUT2D eigenvalue weighted by atomic mass is 10.0. The van der Waals surface area contributed by atoms with Crippen LogP contribution in [0.2, 0.25) is 0 Å². The fourth-order valence-electron chi connectivity index (χ4n) is 1.99. The van der Waals surface area contributed by atoms with Crippen molar-refractivity contribution in [1.82, 2.24) is 8.38 Å².